The van der Waals surface area contributed by atoms with Crippen molar-refractivity contribution in [3.05, 3.63) is 92.0 Å². The molecule has 8 bridgehead atoms. The first kappa shape index (κ1) is 32.0. The van der Waals surface area contributed by atoms with Gasteiger partial charge in [-0.1, -0.05) is 0 Å². The zero-order chi connectivity index (χ0) is 33.4. The Labute approximate surface area is 264 Å². The molecule has 12 nitrogen and oxygen atoms in total. The second kappa shape index (κ2) is 12.6. The van der Waals surface area contributed by atoms with Gasteiger partial charge in [0.05, 0.1) is 58.0 Å². The lowest BCUT2D eigenvalue weighted by molar-refractivity contribution is -0.138. The number of aliphatic hydroxyl groups excluding tert-OH is 1. The number of aromatic amines is 1. The van der Waals surface area contributed by atoms with Gasteiger partial charge < -0.3 is 31.1 Å². The number of aliphatic hydroxyl groups is 1. The van der Waals surface area contributed by atoms with Gasteiger partial charge in [-0.3, -0.25) is 14.4 Å². The normalized spacial score (nSPS) is 19.2. The molecule has 0 spiro atoms. The minimum Gasteiger partial charge on any atom is -0.510 e. The summed E-state index contributed by atoms with van der Waals surface area (Å²) >= 11 is 0. The van der Waals surface area contributed by atoms with E-state index in [9.17, 15) is 34.8 Å². The highest BCUT2D eigenvalue weighted by atomic mass is 16.4. The van der Waals surface area contributed by atoms with Gasteiger partial charge in [-0.05, 0) is 104 Å². The molecule has 5 rings (SSSR count). The quantitative estimate of drug-likeness (QED) is 0.201. The molecule has 0 unspecified atom stereocenters. The standard InChI is InChI=1S/C34H35N5O7/c1-15-10-28-32(34(46)22(35)12-31(44)45)33-16(2)9-19(36-33)11-24-17(3)20(5-7-29(40)41)26(38-24)14-27-21(6-8-30(42)43)18(4)25(39-27)13-23(15)37-28/h9-11,13-14,22,36,46H,5-8,12,35H2,1-4H3,(H,40,41)(H,42,43)(H,44,45)/t22-/m0/s1. The average Bonchev–Trinajstić information content (AvgIpc) is 3.67. The lowest BCUT2D eigenvalue weighted by atomic mass is 9.96. The van der Waals surface area contributed by atoms with Crippen LogP contribution in [0.2, 0.25) is 0 Å². The molecule has 12 heteroatoms. The number of nitrogens with zero attached hydrogens (tertiary/aromatic N) is 3. The Balaban J connectivity index is 1.79. The highest BCUT2D eigenvalue weighted by Crippen LogP contribution is 2.37. The molecule has 0 aromatic carbocycles. The van der Waals surface area contributed by atoms with E-state index in [-0.39, 0.29) is 37.0 Å². The summed E-state index contributed by atoms with van der Waals surface area (Å²) in [5.41, 5.74) is 15.3. The zero-order valence-corrected chi connectivity index (χ0v) is 25.9. The van der Waals surface area contributed by atoms with Crippen LogP contribution >= 0.6 is 0 Å². The first-order chi connectivity index (χ1) is 21.7. The Bertz CT molecular complexity index is 1900. The number of carbonyl (C=O) groups is 3. The van der Waals surface area contributed by atoms with Gasteiger partial charge in [0.1, 0.15) is 5.76 Å². The van der Waals surface area contributed by atoms with E-state index >= 15 is 0 Å². The van der Waals surface area contributed by atoms with Crippen LogP contribution in [-0.4, -0.2) is 66.5 Å². The van der Waals surface area contributed by atoms with E-state index < -0.39 is 30.4 Å². The van der Waals surface area contributed by atoms with E-state index in [2.05, 4.69) is 4.98 Å². The molecule has 1 atom stereocenters. The third-order valence-electron chi connectivity index (χ3n) is 8.33. The molecule has 0 radical (unpaired) electrons. The van der Waals surface area contributed by atoms with Gasteiger partial charge in [-0.25, -0.2) is 15.0 Å². The minimum absolute atomic E-state index is 0.106. The first-order valence-corrected chi connectivity index (χ1v) is 14.8. The monoisotopic (exact) mass is 625 g/mol. The summed E-state index contributed by atoms with van der Waals surface area (Å²) in [6, 6.07) is 0.656. The van der Waals surface area contributed by atoms with Crippen molar-refractivity contribution < 1.29 is 34.8 Å². The fourth-order valence-electron chi connectivity index (χ4n) is 5.86. The number of hydrogen-bond donors (Lipinski definition) is 6. The third-order valence-corrected chi connectivity index (χ3v) is 8.33. The lowest BCUT2D eigenvalue weighted by Gasteiger charge is -2.15. The van der Waals surface area contributed by atoms with Crippen LogP contribution in [0.3, 0.4) is 0 Å². The van der Waals surface area contributed by atoms with Crippen molar-refractivity contribution in [1.82, 2.24) is 4.98 Å². The molecule has 1 aromatic rings. The smallest absolute Gasteiger partial charge is 0.305 e. The largest absolute Gasteiger partial charge is 0.510 e. The predicted octanol–water partition coefficient (Wildman–Crippen LogP) is 5.19. The molecule has 0 amide bonds. The van der Waals surface area contributed by atoms with E-state index in [4.69, 9.17) is 20.7 Å². The summed E-state index contributed by atoms with van der Waals surface area (Å²) in [5.74, 6) is -3.39. The van der Waals surface area contributed by atoms with E-state index in [1.807, 2.05) is 39.8 Å². The van der Waals surface area contributed by atoms with Gasteiger partial charge in [0, 0.05) is 18.5 Å². The Morgan fingerprint density at radius 3 is 2.00 bits per heavy atom. The number of hydrogen-bond acceptors (Lipinski definition) is 8. The molecule has 238 valence electrons. The molecule has 5 heterocycles. The predicted molar refractivity (Wildman–Crippen MR) is 175 cm³/mol. The maximum absolute atomic E-state index is 11.5. The minimum atomic E-state index is -1.20. The number of H-pyrrole nitrogens is 1. The van der Waals surface area contributed by atoms with Crippen molar-refractivity contribution in [1.29, 1.82) is 0 Å². The number of allylic oxidation sites excluding steroid dienone is 9. The van der Waals surface area contributed by atoms with Crippen LogP contribution in [0.25, 0.3) is 11.6 Å². The molecule has 1 aromatic heterocycles. The Kier molecular flexibility index (Phi) is 8.75. The van der Waals surface area contributed by atoms with Crippen LogP contribution in [0.1, 0.15) is 69.8 Å². The maximum atomic E-state index is 11.5. The Morgan fingerprint density at radius 2 is 1.35 bits per heavy atom. The van der Waals surface area contributed by atoms with Gasteiger partial charge in [-0.2, -0.15) is 0 Å². The topological polar surface area (TPSA) is 211 Å². The number of rotatable bonds is 9. The molecular formula is C34H35N5O7. The average molecular weight is 626 g/mol. The van der Waals surface area contributed by atoms with Crippen molar-refractivity contribution in [2.24, 2.45) is 20.7 Å². The van der Waals surface area contributed by atoms with Crippen LogP contribution < -0.4 is 5.73 Å². The fraction of sp³-hybridized carbons (Fsp3) is 0.294. The highest BCUT2D eigenvalue weighted by molar-refractivity contribution is 6.32. The van der Waals surface area contributed by atoms with E-state index in [0.29, 0.717) is 45.6 Å². The van der Waals surface area contributed by atoms with E-state index in [0.717, 1.165) is 33.4 Å². The Hall–Kier alpha value is -5.36. The van der Waals surface area contributed by atoms with Crippen molar-refractivity contribution >= 4 is 46.7 Å². The number of carboxylic acid groups (broad SMARTS) is 3. The van der Waals surface area contributed by atoms with Crippen LogP contribution in [0.4, 0.5) is 0 Å². The summed E-state index contributed by atoms with van der Waals surface area (Å²) in [5, 5.41) is 39.7. The van der Waals surface area contributed by atoms with Crippen LogP contribution in [0, 0.1) is 6.92 Å². The summed E-state index contributed by atoms with van der Waals surface area (Å²) < 4.78 is 0. The number of fused-ring (bicyclic) bond motifs is 5. The van der Waals surface area contributed by atoms with Crippen LogP contribution in [-0.2, 0) is 14.4 Å². The van der Waals surface area contributed by atoms with Gasteiger partial charge >= 0.3 is 17.9 Å². The molecule has 46 heavy (non-hydrogen) atoms. The van der Waals surface area contributed by atoms with Crippen molar-refractivity contribution in [3.8, 4) is 0 Å². The second-order valence-electron chi connectivity index (χ2n) is 11.6. The summed E-state index contributed by atoms with van der Waals surface area (Å²) in [6.45, 7) is 7.43. The van der Waals surface area contributed by atoms with E-state index in [1.54, 1.807) is 18.2 Å². The van der Waals surface area contributed by atoms with Crippen molar-refractivity contribution in [2.45, 2.75) is 65.8 Å². The molecule has 7 N–H and O–H groups in total. The Morgan fingerprint density at radius 1 is 0.739 bits per heavy atom. The summed E-state index contributed by atoms with van der Waals surface area (Å²) in [6.07, 6.45) is 6.91. The molecule has 4 aliphatic rings. The summed E-state index contributed by atoms with van der Waals surface area (Å²) in [7, 11) is 0. The second-order valence-corrected chi connectivity index (χ2v) is 11.6. The molecule has 0 aliphatic carbocycles. The van der Waals surface area contributed by atoms with Gasteiger partial charge in [0.15, 0.2) is 0 Å². The van der Waals surface area contributed by atoms with Crippen molar-refractivity contribution in [2.75, 3.05) is 0 Å². The molecule has 0 saturated carbocycles. The molecule has 4 aliphatic heterocycles. The number of carboxylic acids is 3. The molecule has 0 saturated heterocycles. The number of nitrogens with two attached hydrogens (primary N) is 1. The lowest BCUT2D eigenvalue weighted by Crippen LogP contribution is -2.28. The van der Waals surface area contributed by atoms with Crippen LogP contribution in [0.15, 0.2) is 90.0 Å². The molecule has 0 fully saturated rings. The van der Waals surface area contributed by atoms with Gasteiger partial charge in [0.2, 0.25) is 0 Å². The van der Waals surface area contributed by atoms with Crippen LogP contribution in [0.5, 0.6) is 0 Å². The van der Waals surface area contributed by atoms with Crippen molar-refractivity contribution in [3.63, 3.8) is 0 Å². The van der Waals surface area contributed by atoms with E-state index in [1.165, 1.54) is 0 Å². The molecular weight excluding hydrogens is 590 g/mol. The number of aliphatic imine (C=N–C) groups is 3. The SMILES string of the molecule is CC1=CC2=NC1=CC1=NC(=CC3=NC(=Cc4cc(C)c([nH]4)C2=C(O)[C@@H](N)CC(=O)O)C(C)=C3CCC(=O)O)C(CCC(=O)O)=C1C. The number of aromatic nitrogens is 1. The third kappa shape index (κ3) is 6.38. The fourth-order valence-corrected chi connectivity index (χ4v) is 5.86. The maximum Gasteiger partial charge on any atom is 0.305 e. The van der Waals surface area contributed by atoms with Gasteiger partial charge in [-0.15, -0.1) is 0 Å². The first-order valence-electron chi connectivity index (χ1n) is 14.8. The zero-order valence-electron chi connectivity index (χ0n) is 25.9. The number of aryl methyl sites for hydroxylation is 1. The van der Waals surface area contributed by atoms with Gasteiger partial charge in [0.25, 0.3) is 0 Å². The number of aliphatic carboxylic acids is 3. The number of nitrogens with one attached hydrogen (secondary N) is 1. The highest BCUT2D eigenvalue weighted by Gasteiger charge is 2.29. The summed E-state index contributed by atoms with van der Waals surface area (Å²) in [4.78, 5) is 52.4.